The van der Waals surface area contributed by atoms with Crippen molar-refractivity contribution in [1.82, 2.24) is 20.1 Å². The average Bonchev–Trinajstić information content (AvgIpc) is 3.51. The molecule has 0 unspecified atom stereocenters. The van der Waals surface area contributed by atoms with Crippen LogP contribution in [0.5, 0.6) is 0 Å². The van der Waals surface area contributed by atoms with Gasteiger partial charge in [-0.3, -0.25) is 9.48 Å². The van der Waals surface area contributed by atoms with E-state index in [0.717, 1.165) is 27.8 Å². The molecule has 0 saturated heterocycles. The van der Waals surface area contributed by atoms with Gasteiger partial charge in [0.2, 0.25) is 0 Å². The van der Waals surface area contributed by atoms with Gasteiger partial charge in [0.1, 0.15) is 5.69 Å². The highest BCUT2D eigenvalue weighted by atomic mass is 16.5. The largest absolute Gasteiger partial charge is 0.463 e. The summed E-state index contributed by atoms with van der Waals surface area (Å²) in [6.45, 7) is 3.34. The molecule has 0 aliphatic carbocycles. The predicted molar refractivity (Wildman–Crippen MR) is 133 cm³/mol. The van der Waals surface area contributed by atoms with E-state index in [0.29, 0.717) is 42.4 Å². The minimum Gasteiger partial charge on any atom is -0.463 e. The molecule has 7 nitrogen and oxygen atoms in total. The van der Waals surface area contributed by atoms with Crippen molar-refractivity contribution in [2.75, 3.05) is 0 Å². The van der Waals surface area contributed by atoms with Crippen LogP contribution in [0.4, 0.5) is 0 Å². The Hall–Kier alpha value is -4.23. The first kappa shape index (κ1) is 22.6. The standard InChI is InChI=1S/C28H26N4O3/c1-19-26-23(15-24(25-12-7-13-35-25)30-27(26)32(2)31-19)28(33)29-16-21-10-6-11-22(14-21)18-34-17-20-8-4-3-5-9-20/h3-15H,16-18H2,1-2H3,(H,29,33). The third-order valence-corrected chi connectivity index (χ3v) is 5.81. The van der Waals surface area contributed by atoms with Crippen molar-refractivity contribution in [3.05, 3.63) is 107 Å². The molecule has 5 rings (SSSR count). The number of rotatable bonds is 8. The smallest absolute Gasteiger partial charge is 0.252 e. The maximum Gasteiger partial charge on any atom is 0.252 e. The van der Waals surface area contributed by atoms with Crippen LogP contribution in [0.25, 0.3) is 22.5 Å². The summed E-state index contributed by atoms with van der Waals surface area (Å²) in [6, 6.07) is 23.5. The number of hydrogen-bond acceptors (Lipinski definition) is 5. The van der Waals surface area contributed by atoms with Crippen LogP contribution in [-0.2, 0) is 31.5 Å². The highest BCUT2D eigenvalue weighted by Crippen LogP contribution is 2.27. The Morgan fingerprint density at radius 2 is 1.74 bits per heavy atom. The summed E-state index contributed by atoms with van der Waals surface area (Å²) in [5, 5.41) is 8.26. The second-order valence-electron chi connectivity index (χ2n) is 8.42. The lowest BCUT2D eigenvalue weighted by Crippen LogP contribution is -2.23. The van der Waals surface area contributed by atoms with Gasteiger partial charge in [0.15, 0.2) is 11.4 Å². The van der Waals surface area contributed by atoms with E-state index < -0.39 is 0 Å². The molecular weight excluding hydrogens is 440 g/mol. The molecule has 3 aromatic heterocycles. The van der Waals surface area contributed by atoms with Crippen LogP contribution in [0.2, 0.25) is 0 Å². The number of amides is 1. The van der Waals surface area contributed by atoms with E-state index in [1.165, 1.54) is 0 Å². The third kappa shape index (κ3) is 5.00. The van der Waals surface area contributed by atoms with Crippen molar-refractivity contribution in [3.63, 3.8) is 0 Å². The van der Waals surface area contributed by atoms with Crippen molar-refractivity contribution >= 4 is 16.9 Å². The first-order valence-corrected chi connectivity index (χ1v) is 11.4. The second kappa shape index (κ2) is 9.95. The molecule has 0 radical (unpaired) electrons. The van der Waals surface area contributed by atoms with Gasteiger partial charge in [-0.1, -0.05) is 54.6 Å². The fourth-order valence-electron chi connectivity index (χ4n) is 4.14. The molecule has 0 fully saturated rings. The molecule has 7 heteroatoms. The topological polar surface area (TPSA) is 82.2 Å². The van der Waals surface area contributed by atoms with Gasteiger partial charge < -0.3 is 14.5 Å². The van der Waals surface area contributed by atoms with Gasteiger partial charge in [0.05, 0.1) is 36.1 Å². The lowest BCUT2D eigenvalue weighted by molar-refractivity contribution is 0.0952. The zero-order chi connectivity index (χ0) is 24.2. The number of aromatic nitrogens is 3. The zero-order valence-electron chi connectivity index (χ0n) is 19.7. The van der Waals surface area contributed by atoms with Crippen molar-refractivity contribution in [2.24, 2.45) is 7.05 Å². The first-order valence-electron chi connectivity index (χ1n) is 11.4. The normalized spacial score (nSPS) is 11.1. The van der Waals surface area contributed by atoms with Gasteiger partial charge in [0, 0.05) is 13.6 Å². The van der Waals surface area contributed by atoms with E-state index >= 15 is 0 Å². The van der Waals surface area contributed by atoms with Crippen LogP contribution < -0.4 is 5.32 Å². The van der Waals surface area contributed by atoms with E-state index in [2.05, 4.69) is 21.5 Å². The van der Waals surface area contributed by atoms with Gasteiger partial charge in [-0.2, -0.15) is 5.10 Å². The lowest BCUT2D eigenvalue weighted by Gasteiger charge is -2.10. The monoisotopic (exact) mass is 466 g/mol. The fourth-order valence-corrected chi connectivity index (χ4v) is 4.14. The maximum absolute atomic E-state index is 13.3. The molecule has 0 aliphatic rings. The predicted octanol–water partition coefficient (Wildman–Crippen LogP) is 5.18. The SMILES string of the molecule is Cc1nn(C)c2nc(-c3ccco3)cc(C(=O)NCc3cccc(COCc4ccccc4)c3)c12. The number of fused-ring (bicyclic) bond motifs is 1. The first-order chi connectivity index (χ1) is 17.1. The molecule has 1 N–H and O–H groups in total. The number of ether oxygens (including phenoxy) is 1. The Morgan fingerprint density at radius 3 is 2.54 bits per heavy atom. The summed E-state index contributed by atoms with van der Waals surface area (Å²) in [5.41, 5.74) is 5.70. The molecule has 5 aromatic rings. The molecule has 35 heavy (non-hydrogen) atoms. The van der Waals surface area contributed by atoms with Gasteiger partial charge in [-0.05, 0) is 41.8 Å². The van der Waals surface area contributed by atoms with Crippen LogP contribution in [0, 0.1) is 6.92 Å². The Morgan fingerprint density at radius 1 is 0.971 bits per heavy atom. The molecule has 0 aliphatic heterocycles. The van der Waals surface area contributed by atoms with Crippen LogP contribution >= 0.6 is 0 Å². The van der Waals surface area contributed by atoms with Gasteiger partial charge >= 0.3 is 0 Å². The van der Waals surface area contributed by atoms with Gasteiger partial charge in [-0.15, -0.1) is 0 Å². The van der Waals surface area contributed by atoms with Crippen molar-refractivity contribution in [1.29, 1.82) is 0 Å². The van der Waals surface area contributed by atoms with Crippen molar-refractivity contribution < 1.29 is 13.9 Å². The maximum atomic E-state index is 13.3. The molecular formula is C28H26N4O3. The molecule has 0 bridgehead atoms. The van der Waals surface area contributed by atoms with E-state index in [1.807, 2.05) is 68.6 Å². The molecule has 3 heterocycles. The summed E-state index contributed by atoms with van der Waals surface area (Å²) < 4.78 is 13.1. The summed E-state index contributed by atoms with van der Waals surface area (Å²) in [6.07, 6.45) is 1.59. The van der Waals surface area contributed by atoms with E-state index in [4.69, 9.17) is 9.15 Å². The summed E-state index contributed by atoms with van der Waals surface area (Å²) >= 11 is 0. The zero-order valence-corrected chi connectivity index (χ0v) is 19.7. The molecule has 0 spiro atoms. The molecule has 1 amide bonds. The highest BCUT2D eigenvalue weighted by molar-refractivity contribution is 6.07. The Balaban J connectivity index is 1.30. The van der Waals surface area contributed by atoms with Crippen LogP contribution in [0.15, 0.2) is 83.5 Å². The molecule has 176 valence electrons. The number of carbonyl (C=O) groups excluding carboxylic acids is 1. The lowest BCUT2D eigenvalue weighted by atomic mass is 10.1. The number of hydrogen-bond donors (Lipinski definition) is 1. The van der Waals surface area contributed by atoms with Crippen LogP contribution in [-0.4, -0.2) is 20.7 Å². The number of nitrogens with one attached hydrogen (secondary N) is 1. The number of aryl methyl sites for hydroxylation is 2. The number of benzene rings is 2. The number of nitrogens with zero attached hydrogens (tertiary/aromatic N) is 3. The quantitative estimate of drug-likeness (QED) is 0.341. The van der Waals surface area contributed by atoms with E-state index in [1.54, 1.807) is 23.1 Å². The van der Waals surface area contributed by atoms with E-state index in [9.17, 15) is 4.79 Å². The summed E-state index contributed by atoms with van der Waals surface area (Å²) in [5.74, 6) is 0.412. The van der Waals surface area contributed by atoms with Crippen LogP contribution in [0.1, 0.15) is 32.7 Å². The summed E-state index contributed by atoms with van der Waals surface area (Å²) in [4.78, 5) is 18.0. The third-order valence-electron chi connectivity index (χ3n) is 5.81. The van der Waals surface area contributed by atoms with Crippen LogP contribution in [0.3, 0.4) is 0 Å². The Labute approximate surface area is 203 Å². The number of carbonyl (C=O) groups is 1. The van der Waals surface area contributed by atoms with Gasteiger partial charge in [-0.25, -0.2) is 4.98 Å². The number of furan rings is 1. The molecule has 0 saturated carbocycles. The second-order valence-corrected chi connectivity index (χ2v) is 8.42. The van der Waals surface area contributed by atoms with Gasteiger partial charge in [0.25, 0.3) is 5.91 Å². The Bertz CT molecular complexity index is 1460. The Kier molecular flexibility index (Phi) is 6.41. The minimum absolute atomic E-state index is 0.188. The molecule has 0 atom stereocenters. The van der Waals surface area contributed by atoms with Crippen molar-refractivity contribution in [2.45, 2.75) is 26.7 Å². The molecule has 2 aromatic carbocycles. The number of pyridine rings is 1. The van der Waals surface area contributed by atoms with E-state index in [-0.39, 0.29) is 5.91 Å². The van der Waals surface area contributed by atoms with Crippen molar-refractivity contribution in [3.8, 4) is 11.5 Å². The highest BCUT2D eigenvalue weighted by Gasteiger charge is 2.20. The minimum atomic E-state index is -0.188. The summed E-state index contributed by atoms with van der Waals surface area (Å²) in [7, 11) is 1.82. The fraction of sp³-hybridized carbons (Fsp3) is 0.179. The average molecular weight is 467 g/mol.